The first-order chi connectivity index (χ1) is 9.96. The van der Waals surface area contributed by atoms with Crippen molar-refractivity contribution < 1.29 is 18.3 Å². The van der Waals surface area contributed by atoms with E-state index in [0.717, 1.165) is 5.56 Å². The monoisotopic (exact) mass is 328 g/mol. The molecule has 21 heavy (non-hydrogen) atoms. The largest absolute Gasteiger partial charge is 0.481 e. The summed E-state index contributed by atoms with van der Waals surface area (Å²) in [5.41, 5.74) is 0.751. The van der Waals surface area contributed by atoms with Crippen LogP contribution in [-0.4, -0.2) is 25.6 Å². The predicted octanol–water partition coefficient (Wildman–Crippen LogP) is 1.43. The van der Waals surface area contributed by atoms with Gasteiger partial charge >= 0.3 is 0 Å². The summed E-state index contributed by atoms with van der Waals surface area (Å²) >= 11 is 1.27. The highest BCUT2D eigenvalue weighted by molar-refractivity contribution is 7.89. The van der Waals surface area contributed by atoms with E-state index >= 15 is 0 Å². The molecule has 0 atom stereocenters. The summed E-state index contributed by atoms with van der Waals surface area (Å²) in [7, 11) is -2.11. The third-order valence-corrected chi connectivity index (χ3v) is 5.54. The van der Waals surface area contributed by atoms with Crippen molar-refractivity contribution in [3.05, 3.63) is 39.7 Å². The molecule has 0 radical (unpaired) electrons. The van der Waals surface area contributed by atoms with Gasteiger partial charge in [0.05, 0.1) is 18.6 Å². The van der Waals surface area contributed by atoms with Crippen LogP contribution in [0.4, 0.5) is 0 Å². The van der Waals surface area contributed by atoms with Crippen LogP contribution in [0.3, 0.4) is 0 Å². The minimum Gasteiger partial charge on any atom is -0.481 e. The summed E-state index contributed by atoms with van der Waals surface area (Å²) in [6, 6.07) is 4.88. The van der Waals surface area contributed by atoms with Crippen molar-refractivity contribution >= 4 is 21.4 Å². The number of sulfonamides is 1. The first-order valence-corrected chi connectivity index (χ1v) is 8.45. The van der Waals surface area contributed by atoms with E-state index in [0.29, 0.717) is 15.6 Å². The highest BCUT2D eigenvalue weighted by Crippen LogP contribution is 2.25. The van der Waals surface area contributed by atoms with Crippen LogP contribution in [0.1, 0.15) is 15.3 Å². The molecule has 0 bridgehead atoms. The van der Waals surface area contributed by atoms with Gasteiger partial charge in [-0.1, -0.05) is 0 Å². The Morgan fingerprint density at radius 3 is 2.81 bits per heavy atom. The Labute approximate surface area is 127 Å². The molecule has 0 saturated heterocycles. The number of pyridine rings is 1. The molecule has 0 aliphatic rings. The molecule has 2 heterocycles. The first-order valence-electron chi connectivity index (χ1n) is 6.15. The van der Waals surface area contributed by atoms with Crippen LogP contribution in [0.5, 0.6) is 5.88 Å². The number of aliphatic hydroxyl groups excluding tert-OH is 1. The fourth-order valence-electron chi connectivity index (χ4n) is 1.80. The number of methoxy groups -OCH3 is 1. The van der Waals surface area contributed by atoms with Gasteiger partial charge in [0.2, 0.25) is 15.9 Å². The summed E-state index contributed by atoms with van der Waals surface area (Å²) in [5, 5.41) is 9.08. The predicted molar refractivity (Wildman–Crippen MR) is 79.8 cm³/mol. The Bertz CT molecular complexity index is 726. The average Bonchev–Trinajstić information content (AvgIpc) is 2.87. The van der Waals surface area contributed by atoms with Crippen molar-refractivity contribution in [2.24, 2.45) is 0 Å². The SMILES string of the molecule is COc1cc(CNS(=O)(=O)c2cc(CO)sc2C)ccn1. The van der Waals surface area contributed by atoms with E-state index in [-0.39, 0.29) is 18.0 Å². The molecule has 0 unspecified atom stereocenters. The minimum absolute atomic E-state index is 0.144. The lowest BCUT2D eigenvalue weighted by molar-refractivity contribution is 0.285. The van der Waals surface area contributed by atoms with Crippen LogP contribution < -0.4 is 9.46 Å². The Morgan fingerprint density at radius 2 is 2.19 bits per heavy atom. The van der Waals surface area contributed by atoms with Gasteiger partial charge in [-0.3, -0.25) is 0 Å². The zero-order valence-electron chi connectivity index (χ0n) is 11.7. The van der Waals surface area contributed by atoms with E-state index in [4.69, 9.17) is 9.84 Å². The number of aryl methyl sites for hydroxylation is 1. The number of nitrogens with zero attached hydrogens (tertiary/aromatic N) is 1. The van der Waals surface area contributed by atoms with Crippen LogP contribution >= 0.6 is 11.3 Å². The fourth-order valence-corrected chi connectivity index (χ4v) is 4.31. The average molecular weight is 328 g/mol. The first kappa shape index (κ1) is 15.9. The van der Waals surface area contributed by atoms with Gasteiger partial charge in [-0.15, -0.1) is 11.3 Å². The number of hydrogen-bond donors (Lipinski definition) is 2. The fraction of sp³-hybridized carbons (Fsp3) is 0.308. The van der Waals surface area contributed by atoms with Crippen LogP contribution in [0.25, 0.3) is 0 Å². The van der Waals surface area contributed by atoms with E-state index in [1.54, 1.807) is 25.3 Å². The number of rotatable bonds is 6. The molecular weight excluding hydrogens is 312 g/mol. The molecule has 2 aromatic heterocycles. The Morgan fingerprint density at radius 1 is 1.43 bits per heavy atom. The van der Waals surface area contributed by atoms with Crippen molar-refractivity contribution in [2.45, 2.75) is 25.0 Å². The third kappa shape index (κ3) is 3.79. The molecule has 0 saturated carbocycles. The van der Waals surface area contributed by atoms with E-state index in [2.05, 4.69) is 9.71 Å². The molecule has 0 aromatic carbocycles. The maximum Gasteiger partial charge on any atom is 0.241 e. The lowest BCUT2D eigenvalue weighted by Crippen LogP contribution is -2.23. The van der Waals surface area contributed by atoms with Crippen LogP contribution in [0.2, 0.25) is 0 Å². The topological polar surface area (TPSA) is 88.5 Å². The molecule has 114 valence electrons. The van der Waals surface area contributed by atoms with Gasteiger partial charge < -0.3 is 9.84 Å². The number of thiophene rings is 1. The van der Waals surface area contributed by atoms with Crippen LogP contribution in [-0.2, 0) is 23.2 Å². The summed E-state index contributed by atoms with van der Waals surface area (Å²) in [6.07, 6.45) is 1.56. The van der Waals surface area contributed by atoms with E-state index < -0.39 is 10.0 Å². The summed E-state index contributed by atoms with van der Waals surface area (Å²) in [5.74, 6) is 0.431. The number of aliphatic hydroxyl groups is 1. The molecule has 8 heteroatoms. The molecular formula is C13H16N2O4S2. The summed E-state index contributed by atoms with van der Waals surface area (Å²) in [4.78, 5) is 5.44. The Hall–Kier alpha value is -1.48. The standard InChI is InChI=1S/C13H16N2O4S2/c1-9-12(6-11(8-16)20-9)21(17,18)15-7-10-3-4-14-13(5-10)19-2/h3-6,15-16H,7-8H2,1-2H3. The quantitative estimate of drug-likeness (QED) is 0.837. The molecule has 6 nitrogen and oxygen atoms in total. The molecule has 0 aliphatic heterocycles. The summed E-state index contributed by atoms with van der Waals surface area (Å²) < 4.78 is 32.1. The van der Waals surface area contributed by atoms with Crippen LogP contribution in [0.15, 0.2) is 29.3 Å². The van der Waals surface area contributed by atoms with Gasteiger partial charge in [0.1, 0.15) is 0 Å². The molecule has 0 spiro atoms. The molecule has 0 aliphatic carbocycles. The van der Waals surface area contributed by atoms with Crippen LogP contribution in [0, 0.1) is 6.92 Å². The minimum atomic E-state index is -3.61. The maximum absolute atomic E-state index is 12.3. The zero-order chi connectivity index (χ0) is 15.5. The second-order valence-electron chi connectivity index (χ2n) is 4.32. The Balaban J connectivity index is 2.15. The number of hydrogen-bond acceptors (Lipinski definition) is 6. The van der Waals surface area contributed by atoms with Gasteiger partial charge in [-0.05, 0) is 24.6 Å². The van der Waals surface area contributed by atoms with Gasteiger partial charge in [0, 0.05) is 28.6 Å². The lowest BCUT2D eigenvalue weighted by Gasteiger charge is -2.07. The van der Waals surface area contributed by atoms with Crippen molar-refractivity contribution in [3.63, 3.8) is 0 Å². The van der Waals surface area contributed by atoms with Gasteiger partial charge in [-0.25, -0.2) is 18.1 Å². The molecule has 2 N–H and O–H groups in total. The van der Waals surface area contributed by atoms with Crippen molar-refractivity contribution in [2.75, 3.05) is 7.11 Å². The van der Waals surface area contributed by atoms with E-state index in [1.807, 2.05) is 0 Å². The Kier molecular flexibility index (Phi) is 4.94. The molecule has 0 amide bonds. The van der Waals surface area contributed by atoms with Crippen molar-refractivity contribution in [3.8, 4) is 5.88 Å². The highest BCUT2D eigenvalue weighted by atomic mass is 32.2. The van der Waals surface area contributed by atoms with Gasteiger partial charge in [0.25, 0.3) is 0 Å². The molecule has 2 rings (SSSR count). The number of ether oxygens (including phenoxy) is 1. The maximum atomic E-state index is 12.3. The smallest absolute Gasteiger partial charge is 0.241 e. The number of nitrogens with one attached hydrogen (secondary N) is 1. The number of aromatic nitrogens is 1. The van der Waals surface area contributed by atoms with E-state index in [1.165, 1.54) is 24.5 Å². The summed E-state index contributed by atoms with van der Waals surface area (Å²) in [6.45, 7) is 1.70. The lowest BCUT2D eigenvalue weighted by atomic mass is 10.3. The second-order valence-corrected chi connectivity index (χ2v) is 7.40. The van der Waals surface area contributed by atoms with Crippen molar-refractivity contribution in [1.29, 1.82) is 0 Å². The molecule has 2 aromatic rings. The second kappa shape index (κ2) is 6.52. The third-order valence-electron chi connectivity index (χ3n) is 2.84. The molecule has 0 fully saturated rings. The normalized spacial score (nSPS) is 11.6. The van der Waals surface area contributed by atoms with E-state index in [9.17, 15) is 8.42 Å². The van der Waals surface area contributed by atoms with Gasteiger partial charge in [-0.2, -0.15) is 0 Å². The highest BCUT2D eigenvalue weighted by Gasteiger charge is 2.19. The van der Waals surface area contributed by atoms with Crippen molar-refractivity contribution in [1.82, 2.24) is 9.71 Å². The zero-order valence-corrected chi connectivity index (χ0v) is 13.3. The van der Waals surface area contributed by atoms with Gasteiger partial charge in [0.15, 0.2) is 0 Å².